The Morgan fingerprint density at radius 2 is 1.83 bits per heavy atom. The van der Waals surface area contributed by atoms with Gasteiger partial charge in [-0.2, -0.15) is 5.10 Å². The molecule has 1 aromatic carbocycles. The molecule has 1 N–H and O–H groups in total. The number of piperazine rings is 1. The van der Waals surface area contributed by atoms with Crippen LogP contribution in [0, 0.1) is 0 Å². The highest BCUT2D eigenvalue weighted by Gasteiger charge is 2.20. The Hall–Kier alpha value is -3.35. The van der Waals surface area contributed by atoms with Crippen LogP contribution in [0.1, 0.15) is 12.5 Å². The van der Waals surface area contributed by atoms with Crippen LogP contribution in [0.4, 0.5) is 5.82 Å². The van der Waals surface area contributed by atoms with E-state index in [1.807, 2.05) is 35.3 Å². The van der Waals surface area contributed by atoms with E-state index in [1.165, 1.54) is 5.56 Å². The molecule has 2 aromatic heterocycles. The van der Waals surface area contributed by atoms with Crippen LogP contribution >= 0.6 is 0 Å². The molecular weight excluding hydrogens is 362 g/mol. The van der Waals surface area contributed by atoms with Crippen molar-refractivity contribution in [1.29, 1.82) is 0 Å². The Kier molecular flexibility index (Phi) is 6.04. The summed E-state index contributed by atoms with van der Waals surface area (Å²) in [4.78, 5) is 14.0. The SMILES string of the molecule is CCNC(=NCc1ccc(-n2cccn2)cc1)N1CCN(c2ccccn2)CC1. The summed E-state index contributed by atoms with van der Waals surface area (Å²) in [6.45, 7) is 7.37. The van der Waals surface area contributed by atoms with E-state index in [4.69, 9.17) is 4.99 Å². The minimum absolute atomic E-state index is 0.655. The molecule has 7 nitrogen and oxygen atoms in total. The molecule has 0 unspecified atom stereocenters. The fourth-order valence-corrected chi connectivity index (χ4v) is 3.46. The van der Waals surface area contributed by atoms with Crippen molar-refractivity contribution in [3.05, 3.63) is 72.7 Å². The van der Waals surface area contributed by atoms with Crippen molar-refractivity contribution >= 4 is 11.8 Å². The first-order valence-corrected chi connectivity index (χ1v) is 10.1. The number of aromatic nitrogens is 3. The van der Waals surface area contributed by atoms with Gasteiger partial charge in [0.1, 0.15) is 5.82 Å². The first kappa shape index (κ1) is 19.0. The van der Waals surface area contributed by atoms with Gasteiger partial charge in [0.25, 0.3) is 0 Å². The van der Waals surface area contributed by atoms with Gasteiger partial charge in [0.2, 0.25) is 0 Å². The summed E-state index contributed by atoms with van der Waals surface area (Å²) in [7, 11) is 0. The normalized spacial score (nSPS) is 14.9. The maximum absolute atomic E-state index is 4.87. The molecule has 1 aliphatic rings. The molecule has 0 aliphatic carbocycles. The third-order valence-electron chi connectivity index (χ3n) is 5.00. The number of anilines is 1. The van der Waals surface area contributed by atoms with Gasteiger partial charge >= 0.3 is 0 Å². The smallest absolute Gasteiger partial charge is 0.194 e. The van der Waals surface area contributed by atoms with Gasteiger partial charge < -0.3 is 15.1 Å². The number of benzene rings is 1. The molecule has 0 radical (unpaired) electrons. The van der Waals surface area contributed by atoms with Gasteiger partial charge in [0.15, 0.2) is 5.96 Å². The first-order chi connectivity index (χ1) is 14.3. The van der Waals surface area contributed by atoms with E-state index in [1.54, 1.807) is 6.20 Å². The largest absolute Gasteiger partial charge is 0.357 e. The molecule has 1 fully saturated rings. The highest BCUT2D eigenvalue weighted by Crippen LogP contribution is 2.13. The highest BCUT2D eigenvalue weighted by molar-refractivity contribution is 5.80. The number of aliphatic imine (C=N–C) groups is 1. The maximum Gasteiger partial charge on any atom is 0.194 e. The van der Waals surface area contributed by atoms with E-state index in [-0.39, 0.29) is 0 Å². The van der Waals surface area contributed by atoms with Crippen molar-refractivity contribution < 1.29 is 0 Å². The third kappa shape index (κ3) is 4.74. The summed E-state index contributed by atoms with van der Waals surface area (Å²) in [5, 5.41) is 7.71. The molecule has 4 rings (SSSR count). The number of hydrogen-bond donors (Lipinski definition) is 1. The number of pyridine rings is 1. The lowest BCUT2D eigenvalue weighted by molar-refractivity contribution is 0.371. The fourth-order valence-electron chi connectivity index (χ4n) is 3.46. The lowest BCUT2D eigenvalue weighted by atomic mass is 10.2. The molecular formula is C22H27N7. The van der Waals surface area contributed by atoms with Crippen LogP contribution in [0.2, 0.25) is 0 Å². The number of nitrogens with zero attached hydrogens (tertiary/aromatic N) is 6. The number of nitrogens with one attached hydrogen (secondary N) is 1. The predicted octanol–water partition coefficient (Wildman–Crippen LogP) is 2.56. The minimum atomic E-state index is 0.655. The van der Waals surface area contributed by atoms with Gasteiger partial charge in [-0.3, -0.25) is 0 Å². The van der Waals surface area contributed by atoms with Gasteiger partial charge in [-0.1, -0.05) is 18.2 Å². The highest BCUT2D eigenvalue weighted by atomic mass is 15.4. The van der Waals surface area contributed by atoms with Crippen LogP contribution in [0.25, 0.3) is 5.69 Å². The Balaban J connectivity index is 1.38. The van der Waals surface area contributed by atoms with Crippen molar-refractivity contribution in [2.75, 3.05) is 37.6 Å². The van der Waals surface area contributed by atoms with Crippen molar-refractivity contribution in [2.45, 2.75) is 13.5 Å². The van der Waals surface area contributed by atoms with E-state index < -0.39 is 0 Å². The van der Waals surface area contributed by atoms with Gasteiger partial charge in [0.05, 0.1) is 12.2 Å². The summed E-state index contributed by atoms with van der Waals surface area (Å²) in [5.74, 6) is 2.02. The Morgan fingerprint density at radius 1 is 1.00 bits per heavy atom. The lowest BCUT2D eigenvalue weighted by Gasteiger charge is -2.37. The molecule has 150 valence electrons. The van der Waals surface area contributed by atoms with Crippen molar-refractivity contribution in [3.8, 4) is 5.69 Å². The Labute approximate surface area is 171 Å². The molecule has 0 saturated carbocycles. The molecule has 1 saturated heterocycles. The van der Waals surface area contributed by atoms with E-state index in [0.29, 0.717) is 6.54 Å². The van der Waals surface area contributed by atoms with E-state index in [0.717, 1.165) is 50.2 Å². The zero-order valence-electron chi connectivity index (χ0n) is 16.8. The average Bonchev–Trinajstić information content (AvgIpc) is 3.33. The molecule has 1 aliphatic heterocycles. The van der Waals surface area contributed by atoms with E-state index >= 15 is 0 Å². The van der Waals surface area contributed by atoms with Crippen LogP contribution in [-0.4, -0.2) is 58.3 Å². The molecule has 7 heteroatoms. The van der Waals surface area contributed by atoms with Crippen molar-refractivity contribution in [3.63, 3.8) is 0 Å². The van der Waals surface area contributed by atoms with Crippen LogP contribution in [-0.2, 0) is 6.54 Å². The Bertz CT molecular complexity index is 896. The summed E-state index contributed by atoms with van der Waals surface area (Å²) in [6, 6.07) is 16.4. The van der Waals surface area contributed by atoms with E-state index in [2.05, 4.69) is 62.5 Å². The molecule has 0 bridgehead atoms. The zero-order chi connectivity index (χ0) is 19.9. The summed E-state index contributed by atoms with van der Waals surface area (Å²) >= 11 is 0. The monoisotopic (exact) mass is 389 g/mol. The fraction of sp³-hybridized carbons (Fsp3) is 0.318. The molecule has 3 aromatic rings. The van der Waals surface area contributed by atoms with Crippen LogP contribution < -0.4 is 10.2 Å². The van der Waals surface area contributed by atoms with Gasteiger partial charge in [-0.05, 0) is 42.8 Å². The quantitative estimate of drug-likeness (QED) is 0.537. The molecule has 29 heavy (non-hydrogen) atoms. The minimum Gasteiger partial charge on any atom is -0.357 e. The second kappa shape index (κ2) is 9.23. The molecule has 0 atom stereocenters. The van der Waals surface area contributed by atoms with Gasteiger partial charge in [0, 0.05) is 51.3 Å². The number of hydrogen-bond acceptors (Lipinski definition) is 4. The van der Waals surface area contributed by atoms with Crippen LogP contribution in [0.5, 0.6) is 0 Å². The zero-order valence-corrected chi connectivity index (χ0v) is 16.8. The summed E-state index contributed by atoms with van der Waals surface area (Å²) < 4.78 is 1.86. The van der Waals surface area contributed by atoms with E-state index in [9.17, 15) is 0 Å². The molecule has 0 amide bonds. The lowest BCUT2D eigenvalue weighted by Crippen LogP contribution is -2.52. The third-order valence-corrected chi connectivity index (χ3v) is 5.00. The standard InChI is InChI=1S/C22H27N7/c1-2-23-22(28-16-14-27(15-17-28)21-6-3-4-11-24-21)25-18-19-7-9-20(10-8-19)29-13-5-12-26-29/h3-13H,2,14-18H2,1H3,(H,23,25). The first-order valence-electron chi connectivity index (χ1n) is 10.1. The Morgan fingerprint density at radius 3 is 2.48 bits per heavy atom. The topological polar surface area (TPSA) is 61.6 Å². The number of rotatable bonds is 5. The van der Waals surface area contributed by atoms with Gasteiger partial charge in [-0.15, -0.1) is 0 Å². The summed E-state index contributed by atoms with van der Waals surface area (Å²) in [5.41, 5.74) is 2.24. The molecule has 0 spiro atoms. The second-order valence-electron chi connectivity index (χ2n) is 6.95. The predicted molar refractivity (Wildman–Crippen MR) is 116 cm³/mol. The van der Waals surface area contributed by atoms with Gasteiger partial charge in [-0.25, -0.2) is 14.7 Å². The average molecular weight is 390 g/mol. The maximum atomic E-state index is 4.87. The van der Waals surface area contributed by atoms with Crippen molar-refractivity contribution in [2.24, 2.45) is 4.99 Å². The second-order valence-corrected chi connectivity index (χ2v) is 6.95. The van der Waals surface area contributed by atoms with Crippen LogP contribution in [0.3, 0.4) is 0 Å². The molecule has 3 heterocycles. The summed E-state index contributed by atoms with van der Waals surface area (Å²) in [6.07, 6.45) is 5.58. The van der Waals surface area contributed by atoms with Crippen LogP contribution in [0.15, 0.2) is 72.1 Å². The van der Waals surface area contributed by atoms with Crippen molar-refractivity contribution in [1.82, 2.24) is 25.0 Å². The number of guanidine groups is 1.